The first-order chi connectivity index (χ1) is 10.7. The molecule has 5 heteroatoms. The van der Waals surface area contributed by atoms with Crippen LogP contribution in [0.1, 0.15) is 45.4 Å². The van der Waals surface area contributed by atoms with Crippen LogP contribution in [0.25, 0.3) is 0 Å². The van der Waals surface area contributed by atoms with E-state index in [0.29, 0.717) is 12.5 Å². The number of carbonyl (C=O) groups is 2. The second kappa shape index (κ2) is 9.63. The third-order valence-electron chi connectivity index (χ3n) is 4.38. The molecule has 2 atom stereocenters. The van der Waals surface area contributed by atoms with Gasteiger partial charge in [0, 0.05) is 19.6 Å². The number of esters is 1. The Morgan fingerprint density at radius 1 is 1.26 bits per heavy atom. The van der Waals surface area contributed by atoms with E-state index in [1.165, 1.54) is 0 Å². The Morgan fingerprint density at radius 3 is 2.52 bits per heavy atom. The predicted molar refractivity (Wildman–Crippen MR) is 98.4 cm³/mol. The topological polar surface area (TPSA) is 43.4 Å². The lowest BCUT2D eigenvalue weighted by atomic mass is 9.92. The molecule has 1 fully saturated rings. The van der Waals surface area contributed by atoms with Gasteiger partial charge in [0.25, 0.3) is 0 Å². The van der Waals surface area contributed by atoms with Crippen LogP contribution in [-0.2, 0) is 14.3 Å². The third-order valence-corrected chi connectivity index (χ3v) is 6.10. The number of hydrogen-bond donors (Lipinski definition) is 0. The van der Waals surface area contributed by atoms with Gasteiger partial charge < -0.3 is 4.74 Å². The lowest BCUT2D eigenvalue weighted by Gasteiger charge is -2.18. The largest absolute Gasteiger partial charge is 0.463 e. The number of ether oxygens (including phenoxy) is 1. The van der Waals surface area contributed by atoms with Crippen molar-refractivity contribution in [3.05, 3.63) is 11.6 Å². The van der Waals surface area contributed by atoms with Crippen LogP contribution in [0.2, 0.25) is 25.7 Å². The van der Waals surface area contributed by atoms with Crippen molar-refractivity contribution in [2.75, 3.05) is 6.61 Å². The van der Waals surface area contributed by atoms with E-state index in [9.17, 15) is 9.59 Å². The molecule has 0 aromatic heterocycles. The molecular formula is C18H31ClO3Si. The molecule has 1 rings (SSSR count). The van der Waals surface area contributed by atoms with Gasteiger partial charge in [0.2, 0.25) is 5.24 Å². The van der Waals surface area contributed by atoms with E-state index >= 15 is 0 Å². The van der Waals surface area contributed by atoms with Gasteiger partial charge in [-0.3, -0.25) is 4.79 Å². The number of carbonyl (C=O) groups excluding carboxylic acids is 2. The minimum absolute atomic E-state index is 0.0483. The number of unbranched alkanes of at least 4 members (excludes halogenated alkanes) is 1. The van der Waals surface area contributed by atoms with Crippen molar-refractivity contribution in [2.24, 2.45) is 11.8 Å². The molecule has 0 saturated heterocycles. The van der Waals surface area contributed by atoms with E-state index < -0.39 is 8.07 Å². The van der Waals surface area contributed by atoms with Gasteiger partial charge in [-0.05, 0) is 62.6 Å². The van der Waals surface area contributed by atoms with Crippen LogP contribution in [0.15, 0.2) is 11.6 Å². The molecule has 3 nitrogen and oxygen atoms in total. The fourth-order valence-corrected chi connectivity index (χ4v) is 5.08. The van der Waals surface area contributed by atoms with Crippen LogP contribution in [-0.4, -0.2) is 25.9 Å². The monoisotopic (exact) mass is 358 g/mol. The molecule has 0 unspecified atom stereocenters. The summed E-state index contributed by atoms with van der Waals surface area (Å²) in [6, 6.07) is 0.859. The Hall–Kier alpha value is -0.613. The van der Waals surface area contributed by atoms with Crippen molar-refractivity contribution in [1.82, 2.24) is 0 Å². The molecule has 0 aromatic rings. The van der Waals surface area contributed by atoms with Gasteiger partial charge >= 0.3 is 5.97 Å². The first-order valence-corrected chi connectivity index (χ1v) is 12.9. The lowest BCUT2D eigenvalue weighted by Crippen LogP contribution is -2.23. The molecule has 132 valence electrons. The molecule has 0 aromatic carbocycles. The first-order valence-electron chi connectivity index (χ1n) is 8.80. The molecular weight excluding hydrogens is 328 g/mol. The summed E-state index contributed by atoms with van der Waals surface area (Å²) in [4.78, 5) is 23.5. The van der Waals surface area contributed by atoms with Crippen LogP contribution in [0.4, 0.5) is 0 Å². The molecule has 0 spiro atoms. The minimum atomic E-state index is -1.35. The fraction of sp³-hybridized carbons (Fsp3) is 0.778. The third kappa shape index (κ3) is 7.66. The molecule has 23 heavy (non-hydrogen) atoms. The summed E-state index contributed by atoms with van der Waals surface area (Å²) >= 11 is 5.68. The zero-order chi connectivity index (χ0) is 17.5. The highest BCUT2D eigenvalue weighted by Gasteiger charge is 2.31. The highest BCUT2D eigenvalue weighted by molar-refractivity contribution is 6.77. The van der Waals surface area contributed by atoms with Gasteiger partial charge in [0.15, 0.2) is 0 Å². The molecule has 0 heterocycles. The highest BCUT2D eigenvalue weighted by atomic mass is 35.5. The maximum absolute atomic E-state index is 12.1. The number of hydrogen-bond acceptors (Lipinski definition) is 3. The Kier molecular flexibility index (Phi) is 8.55. The number of rotatable bonds is 9. The van der Waals surface area contributed by atoms with Crippen LogP contribution in [0.5, 0.6) is 0 Å². The van der Waals surface area contributed by atoms with E-state index in [4.69, 9.17) is 16.3 Å². The maximum Gasteiger partial charge on any atom is 0.333 e. The summed E-state index contributed by atoms with van der Waals surface area (Å²) in [5.41, 5.74) is 0.836. The van der Waals surface area contributed by atoms with E-state index in [2.05, 4.69) is 25.7 Å². The van der Waals surface area contributed by atoms with Gasteiger partial charge in [0.1, 0.15) is 0 Å². The van der Waals surface area contributed by atoms with Gasteiger partial charge in [-0.15, -0.1) is 0 Å². The zero-order valence-electron chi connectivity index (χ0n) is 15.0. The first kappa shape index (κ1) is 20.4. The van der Waals surface area contributed by atoms with Gasteiger partial charge in [-0.1, -0.05) is 32.1 Å². The zero-order valence-corrected chi connectivity index (χ0v) is 16.7. The van der Waals surface area contributed by atoms with Crippen LogP contribution < -0.4 is 0 Å². The Balaban J connectivity index is 2.53. The van der Waals surface area contributed by atoms with Gasteiger partial charge in [-0.2, -0.15) is 0 Å². The molecule has 1 aliphatic carbocycles. The predicted octanol–water partition coefficient (Wildman–Crippen LogP) is 5.17. The standard InChI is InChI=1S/C18H31ClO3Si/c1-5-22-18(21)15(13-23(2,3)4)10-7-6-9-14-11-8-12-16(14)17(19)20/h10,14,16H,5-9,11-13H2,1-4H3/b15-10-/t14-,16-/m1/s1. The van der Waals surface area contributed by atoms with E-state index in [1.54, 1.807) is 0 Å². The van der Waals surface area contributed by atoms with Crippen molar-refractivity contribution in [1.29, 1.82) is 0 Å². The molecule has 0 amide bonds. The fourth-order valence-electron chi connectivity index (χ4n) is 3.36. The average Bonchev–Trinajstić information content (AvgIpc) is 2.89. The summed E-state index contributed by atoms with van der Waals surface area (Å²) in [7, 11) is -1.35. The number of halogens is 1. The molecule has 0 radical (unpaired) electrons. The minimum Gasteiger partial charge on any atom is -0.463 e. The van der Waals surface area contributed by atoms with Crippen molar-refractivity contribution in [2.45, 2.75) is 71.1 Å². The SMILES string of the molecule is CCOC(=O)/C(=C\CCC[C@@H]1CCC[C@H]1C(=O)Cl)C[Si](C)(C)C. The second-order valence-electron chi connectivity index (χ2n) is 7.72. The maximum atomic E-state index is 12.1. The molecule has 0 aliphatic heterocycles. The molecule has 0 bridgehead atoms. The Morgan fingerprint density at radius 2 is 1.96 bits per heavy atom. The van der Waals surface area contributed by atoms with Gasteiger partial charge in [-0.25, -0.2) is 4.79 Å². The van der Waals surface area contributed by atoms with Crippen LogP contribution >= 0.6 is 11.6 Å². The van der Waals surface area contributed by atoms with Crippen LogP contribution in [0.3, 0.4) is 0 Å². The van der Waals surface area contributed by atoms with E-state index in [1.807, 2.05) is 6.92 Å². The summed E-state index contributed by atoms with van der Waals surface area (Å²) < 4.78 is 5.18. The van der Waals surface area contributed by atoms with E-state index in [-0.39, 0.29) is 17.1 Å². The van der Waals surface area contributed by atoms with Crippen molar-refractivity contribution in [3.8, 4) is 0 Å². The molecule has 1 aliphatic rings. The summed E-state index contributed by atoms with van der Waals surface area (Å²) in [5, 5.41) is -0.172. The van der Waals surface area contributed by atoms with Gasteiger partial charge in [0.05, 0.1) is 6.61 Å². The number of allylic oxidation sites excluding steroid dienone is 1. The average molecular weight is 359 g/mol. The Bertz CT molecular complexity index is 440. The summed E-state index contributed by atoms with van der Waals surface area (Å²) in [5.74, 6) is 0.313. The summed E-state index contributed by atoms with van der Waals surface area (Å²) in [6.07, 6.45) is 8.09. The lowest BCUT2D eigenvalue weighted by molar-refractivity contribution is -0.138. The smallest absolute Gasteiger partial charge is 0.333 e. The normalized spacial score (nSPS) is 22.2. The molecule has 1 saturated carbocycles. The quantitative estimate of drug-likeness (QED) is 0.188. The summed E-state index contributed by atoms with van der Waals surface area (Å²) in [6.45, 7) is 9.04. The second-order valence-corrected chi connectivity index (χ2v) is 13.6. The van der Waals surface area contributed by atoms with E-state index in [0.717, 1.165) is 50.1 Å². The highest BCUT2D eigenvalue weighted by Crippen LogP contribution is 2.36. The Labute approximate surface area is 146 Å². The van der Waals surface area contributed by atoms with Crippen molar-refractivity contribution >= 4 is 30.9 Å². The van der Waals surface area contributed by atoms with Crippen molar-refractivity contribution < 1.29 is 14.3 Å². The van der Waals surface area contributed by atoms with Crippen LogP contribution in [0, 0.1) is 11.8 Å². The molecule has 0 N–H and O–H groups in total. The van der Waals surface area contributed by atoms with Crippen molar-refractivity contribution in [3.63, 3.8) is 0 Å².